The summed E-state index contributed by atoms with van der Waals surface area (Å²) in [5, 5.41) is 2.91. The molecule has 1 fully saturated rings. The van der Waals surface area contributed by atoms with Gasteiger partial charge < -0.3 is 10.2 Å². The van der Waals surface area contributed by atoms with Crippen LogP contribution in [0.4, 0.5) is 5.69 Å². The molecule has 26 heavy (non-hydrogen) atoms. The van der Waals surface area contributed by atoms with Gasteiger partial charge in [0.2, 0.25) is 11.8 Å². The summed E-state index contributed by atoms with van der Waals surface area (Å²) in [4.78, 5) is 26.1. The highest BCUT2D eigenvalue weighted by Gasteiger charge is 2.42. The molecule has 142 valence electrons. The van der Waals surface area contributed by atoms with Crippen molar-refractivity contribution >= 4 is 27.3 Å². The van der Waals surface area contributed by atoms with Gasteiger partial charge in [-0.25, -0.2) is 8.42 Å². The van der Waals surface area contributed by atoms with E-state index in [9.17, 15) is 18.0 Å². The van der Waals surface area contributed by atoms with Gasteiger partial charge in [-0.3, -0.25) is 9.59 Å². The third-order valence-electron chi connectivity index (χ3n) is 5.52. The summed E-state index contributed by atoms with van der Waals surface area (Å²) >= 11 is 0. The Hall–Kier alpha value is -1.89. The predicted octanol–water partition coefficient (Wildman–Crippen LogP) is 2.16. The average Bonchev–Trinajstić information content (AvgIpc) is 3.16. The first-order chi connectivity index (χ1) is 12.1. The maximum atomic E-state index is 12.7. The zero-order valence-electron chi connectivity index (χ0n) is 15.5. The van der Waals surface area contributed by atoms with Crippen LogP contribution in [0.1, 0.15) is 51.5 Å². The summed E-state index contributed by atoms with van der Waals surface area (Å²) in [5.41, 5.74) is 0.689. The molecule has 2 amide bonds. The van der Waals surface area contributed by atoms with Crippen molar-refractivity contribution in [2.45, 2.75) is 62.3 Å². The van der Waals surface area contributed by atoms with Crippen molar-refractivity contribution in [2.75, 3.05) is 17.7 Å². The molecule has 1 heterocycles. The van der Waals surface area contributed by atoms with E-state index in [1.165, 1.54) is 6.07 Å². The second kappa shape index (κ2) is 6.68. The van der Waals surface area contributed by atoms with Gasteiger partial charge in [0.25, 0.3) is 0 Å². The van der Waals surface area contributed by atoms with Crippen molar-refractivity contribution in [3.05, 3.63) is 23.8 Å². The second-order valence-corrected chi connectivity index (χ2v) is 9.90. The molecule has 0 radical (unpaired) electrons. The van der Waals surface area contributed by atoms with E-state index >= 15 is 0 Å². The Morgan fingerprint density at radius 1 is 1.27 bits per heavy atom. The van der Waals surface area contributed by atoms with Crippen molar-refractivity contribution in [1.29, 1.82) is 0 Å². The summed E-state index contributed by atoms with van der Waals surface area (Å²) in [6.07, 6.45) is 4.13. The Balaban J connectivity index is 1.73. The summed E-state index contributed by atoms with van der Waals surface area (Å²) in [6, 6.07) is 4.97. The summed E-state index contributed by atoms with van der Waals surface area (Å²) in [6.45, 7) is 3.59. The first-order valence-corrected chi connectivity index (χ1v) is 10.7. The van der Waals surface area contributed by atoms with Crippen LogP contribution < -0.4 is 10.2 Å². The Labute approximate surface area is 154 Å². The number of carbonyl (C=O) groups excluding carboxylic acids is 2. The molecule has 1 N–H and O–H groups in total. The number of hydrogen-bond acceptors (Lipinski definition) is 4. The van der Waals surface area contributed by atoms with Crippen LogP contribution in [0.3, 0.4) is 0 Å². The van der Waals surface area contributed by atoms with Gasteiger partial charge in [-0.05, 0) is 50.5 Å². The van der Waals surface area contributed by atoms with E-state index in [4.69, 9.17) is 0 Å². The highest BCUT2D eigenvalue weighted by Crippen LogP contribution is 2.41. The normalized spacial score (nSPS) is 19.7. The molecule has 7 heteroatoms. The lowest BCUT2D eigenvalue weighted by Crippen LogP contribution is -2.33. The lowest BCUT2D eigenvalue weighted by Gasteiger charge is -2.17. The van der Waals surface area contributed by atoms with E-state index in [-0.39, 0.29) is 34.9 Å². The Morgan fingerprint density at radius 3 is 2.58 bits per heavy atom. The van der Waals surface area contributed by atoms with E-state index in [0.29, 0.717) is 5.56 Å². The predicted molar refractivity (Wildman–Crippen MR) is 99.9 cm³/mol. The van der Waals surface area contributed by atoms with E-state index < -0.39 is 15.3 Å². The molecule has 1 aromatic carbocycles. The van der Waals surface area contributed by atoms with Crippen molar-refractivity contribution < 1.29 is 18.0 Å². The van der Waals surface area contributed by atoms with E-state index in [0.717, 1.165) is 31.4 Å². The molecular weight excluding hydrogens is 352 g/mol. The molecule has 1 aromatic rings. The first-order valence-electron chi connectivity index (χ1n) is 9.08. The summed E-state index contributed by atoms with van der Waals surface area (Å²) < 4.78 is 25.3. The van der Waals surface area contributed by atoms with E-state index in [2.05, 4.69) is 5.32 Å². The maximum absolute atomic E-state index is 12.7. The molecule has 6 nitrogen and oxygen atoms in total. The minimum atomic E-state index is -3.59. The quantitative estimate of drug-likeness (QED) is 0.851. The van der Waals surface area contributed by atoms with Gasteiger partial charge in [-0.15, -0.1) is 0 Å². The minimum Gasteiger partial charge on any atom is -0.353 e. The third-order valence-corrected chi connectivity index (χ3v) is 7.23. The van der Waals surface area contributed by atoms with E-state index in [1.54, 1.807) is 37.9 Å². The highest BCUT2D eigenvalue weighted by atomic mass is 32.2. The summed E-state index contributed by atoms with van der Waals surface area (Å²) in [5.74, 6) is -0.496. The molecule has 1 aliphatic heterocycles. The van der Waals surface area contributed by atoms with Crippen LogP contribution in [0.2, 0.25) is 0 Å². The number of likely N-dealkylation sites (N-methyl/N-ethyl adjacent to an activating group) is 1. The standard InChI is InChI=1S/C19H26N2O4S/c1-19(2)15-12-14(8-9-16(15)21(3)18(19)23)26(24,25)11-10-17(22)20-13-6-4-5-7-13/h8-9,12-13H,4-7,10-11H2,1-3H3,(H,20,22). The topological polar surface area (TPSA) is 83.6 Å². The Morgan fingerprint density at radius 2 is 1.92 bits per heavy atom. The zero-order chi connectivity index (χ0) is 19.1. The molecule has 0 saturated heterocycles. The number of nitrogens with one attached hydrogen (secondary N) is 1. The van der Waals surface area contributed by atoms with Crippen molar-refractivity contribution in [2.24, 2.45) is 0 Å². The molecular formula is C19H26N2O4S. The number of anilines is 1. The highest BCUT2D eigenvalue weighted by molar-refractivity contribution is 7.91. The molecule has 3 rings (SSSR count). The van der Waals surface area contributed by atoms with Gasteiger partial charge in [0.05, 0.1) is 16.1 Å². The van der Waals surface area contributed by atoms with Crippen LogP contribution in [0.15, 0.2) is 23.1 Å². The number of benzene rings is 1. The molecule has 0 unspecified atom stereocenters. The average molecular weight is 378 g/mol. The fraction of sp³-hybridized carbons (Fsp3) is 0.579. The lowest BCUT2D eigenvalue weighted by molar-refractivity contribution is -0.122. The zero-order valence-corrected chi connectivity index (χ0v) is 16.4. The van der Waals surface area contributed by atoms with E-state index in [1.807, 2.05) is 0 Å². The number of fused-ring (bicyclic) bond motifs is 1. The fourth-order valence-corrected chi connectivity index (χ4v) is 5.12. The van der Waals surface area contributed by atoms with Crippen LogP contribution in [0.5, 0.6) is 0 Å². The third kappa shape index (κ3) is 3.37. The van der Waals surface area contributed by atoms with Crippen LogP contribution in [0.25, 0.3) is 0 Å². The maximum Gasteiger partial charge on any atom is 0.236 e. The monoisotopic (exact) mass is 378 g/mol. The number of carbonyl (C=O) groups is 2. The molecule has 1 saturated carbocycles. The van der Waals surface area contributed by atoms with Gasteiger partial charge >= 0.3 is 0 Å². The largest absolute Gasteiger partial charge is 0.353 e. The second-order valence-electron chi connectivity index (χ2n) is 7.79. The van der Waals surface area contributed by atoms with Gasteiger partial charge in [-0.1, -0.05) is 12.8 Å². The molecule has 0 spiro atoms. The van der Waals surface area contributed by atoms with Crippen LogP contribution in [-0.2, 0) is 24.8 Å². The molecule has 1 aliphatic carbocycles. The van der Waals surface area contributed by atoms with Gasteiger partial charge in [0.1, 0.15) is 0 Å². The SMILES string of the molecule is CN1C(=O)C(C)(C)c2cc(S(=O)(=O)CCC(=O)NC3CCCC3)ccc21. The van der Waals surface area contributed by atoms with Crippen LogP contribution in [-0.4, -0.2) is 39.1 Å². The number of sulfone groups is 1. The number of nitrogens with zero attached hydrogens (tertiary/aromatic N) is 1. The number of hydrogen-bond donors (Lipinski definition) is 1. The number of amides is 2. The molecule has 0 bridgehead atoms. The van der Waals surface area contributed by atoms with Crippen molar-refractivity contribution in [3.8, 4) is 0 Å². The fourth-order valence-electron chi connectivity index (χ4n) is 3.86. The van der Waals surface area contributed by atoms with Crippen LogP contribution in [0, 0.1) is 0 Å². The molecule has 0 atom stereocenters. The van der Waals surface area contributed by atoms with Crippen LogP contribution >= 0.6 is 0 Å². The minimum absolute atomic E-state index is 0.0435. The Kier molecular flexibility index (Phi) is 4.86. The van der Waals surface area contributed by atoms with Gasteiger partial charge in [-0.2, -0.15) is 0 Å². The van der Waals surface area contributed by atoms with Gasteiger partial charge in [0.15, 0.2) is 9.84 Å². The smallest absolute Gasteiger partial charge is 0.236 e. The molecule has 2 aliphatic rings. The van der Waals surface area contributed by atoms with Gasteiger partial charge in [0, 0.05) is 25.2 Å². The van der Waals surface area contributed by atoms with Crippen molar-refractivity contribution in [1.82, 2.24) is 5.32 Å². The number of rotatable bonds is 5. The van der Waals surface area contributed by atoms with Crippen molar-refractivity contribution in [3.63, 3.8) is 0 Å². The summed E-state index contributed by atoms with van der Waals surface area (Å²) in [7, 11) is -1.89. The lowest BCUT2D eigenvalue weighted by atomic mass is 9.86. The molecule has 0 aromatic heterocycles. The first kappa shape index (κ1) is 18.9. The Bertz CT molecular complexity index is 839.